The summed E-state index contributed by atoms with van der Waals surface area (Å²) < 4.78 is 6.61. The average molecular weight is 203 g/mol. The van der Waals surface area contributed by atoms with Crippen molar-refractivity contribution in [1.29, 1.82) is 0 Å². The highest BCUT2D eigenvalue weighted by Gasteiger charge is 2.22. The number of benzene rings is 1. The summed E-state index contributed by atoms with van der Waals surface area (Å²) in [7, 11) is 0. The fourth-order valence-electron chi connectivity index (χ4n) is 1.48. The van der Waals surface area contributed by atoms with Crippen LogP contribution in [0.4, 0.5) is 5.88 Å². The molecule has 1 N–H and O–H groups in total. The fraction of sp³-hybridized carbons (Fsp3) is 0.273. The number of nitrogens with one attached hydrogen (secondary N) is 1. The van der Waals surface area contributed by atoms with Crippen LogP contribution in [0, 0.1) is 0 Å². The van der Waals surface area contributed by atoms with E-state index in [1.165, 1.54) is 0 Å². The minimum absolute atomic E-state index is 0.106. The molecule has 1 aromatic heterocycles. The van der Waals surface area contributed by atoms with Crippen molar-refractivity contribution < 1.29 is 9.20 Å². The van der Waals surface area contributed by atoms with Gasteiger partial charge in [-0.2, -0.15) is 0 Å². The molecule has 2 rings (SSSR count). The van der Waals surface area contributed by atoms with Crippen LogP contribution in [-0.4, -0.2) is 5.27 Å². The summed E-state index contributed by atoms with van der Waals surface area (Å²) in [5, 5.41) is 3.85. The predicted molar refractivity (Wildman–Crippen MR) is 56.5 cm³/mol. The quantitative estimate of drug-likeness (QED) is 0.704. The largest absolute Gasteiger partial charge is 0.660 e. The number of nitrogens with zero attached hydrogens (tertiary/aromatic N) is 2. The van der Waals surface area contributed by atoms with Crippen molar-refractivity contribution >= 4 is 5.88 Å². The molecule has 0 spiro atoms. The molecule has 0 aliphatic heterocycles. The van der Waals surface area contributed by atoms with Crippen molar-refractivity contribution in [2.75, 3.05) is 0 Å². The van der Waals surface area contributed by atoms with Gasteiger partial charge in [0.15, 0.2) is 11.3 Å². The maximum atomic E-state index is 7.67. The first-order valence-electron chi connectivity index (χ1n) is 4.88. The van der Waals surface area contributed by atoms with Crippen LogP contribution in [0.3, 0.4) is 0 Å². The molecule has 4 nitrogen and oxygen atoms in total. The molecular formula is C11H13N3O. The minimum atomic E-state index is 0.106. The number of rotatable bonds is 2. The van der Waals surface area contributed by atoms with Gasteiger partial charge < -0.3 is 10.3 Å². The Balaban J connectivity index is 2.57. The normalized spacial score (nSPS) is 10.9. The molecule has 15 heavy (non-hydrogen) atoms. The Hall–Kier alpha value is -1.84. The van der Waals surface area contributed by atoms with Crippen LogP contribution in [0.15, 0.2) is 34.9 Å². The molecule has 1 aromatic carbocycles. The summed E-state index contributed by atoms with van der Waals surface area (Å²) >= 11 is 0. The maximum Gasteiger partial charge on any atom is 0.265 e. The molecule has 0 atom stereocenters. The maximum absolute atomic E-state index is 7.67. The summed E-state index contributed by atoms with van der Waals surface area (Å²) in [5.74, 6) is 0.106. The summed E-state index contributed by atoms with van der Waals surface area (Å²) in [5.41, 5.74) is 9.36. The zero-order valence-electron chi connectivity index (χ0n) is 8.77. The summed E-state index contributed by atoms with van der Waals surface area (Å²) in [6, 6.07) is 9.90. The first kappa shape index (κ1) is 9.71. The highest BCUT2D eigenvalue weighted by atomic mass is 16.5. The lowest BCUT2D eigenvalue weighted by Crippen LogP contribution is -2.39. The van der Waals surface area contributed by atoms with E-state index in [2.05, 4.69) is 5.27 Å². The van der Waals surface area contributed by atoms with Gasteiger partial charge in [0.25, 0.3) is 5.69 Å². The third kappa shape index (κ3) is 1.70. The molecule has 0 unspecified atom stereocenters. The van der Waals surface area contributed by atoms with Gasteiger partial charge >= 0.3 is 0 Å². The second-order valence-corrected chi connectivity index (χ2v) is 3.66. The van der Waals surface area contributed by atoms with E-state index in [-0.39, 0.29) is 11.9 Å². The lowest BCUT2D eigenvalue weighted by molar-refractivity contribution is -0.770. The lowest BCUT2D eigenvalue weighted by atomic mass is 10.1. The lowest BCUT2D eigenvalue weighted by Gasteiger charge is -2.00. The van der Waals surface area contributed by atoms with Gasteiger partial charge in [-0.25, -0.2) is 0 Å². The van der Waals surface area contributed by atoms with Crippen LogP contribution < -0.4 is 4.68 Å². The van der Waals surface area contributed by atoms with E-state index in [0.717, 1.165) is 11.3 Å². The summed E-state index contributed by atoms with van der Waals surface area (Å²) in [4.78, 5) is 0. The standard InChI is InChI=1S/C11H13N3O/c1-8(2)14-10(11(12)15-13-14)9-6-4-3-5-7-9/h3-8,12H,1-2H3. The van der Waals surface area contributed by atoms with Gasteiger partial charge in [0.1, 0.15) is 5.88 Å². The van der Waals surface area contributed by atoms with Crippen molar-refractivity contribution in [1.82, 2.24) is 5.27 Å². The van der Waals surface area contributed by atoms with Gasteiger partial charge in [-0.05, 0) is 16.8 Å². The van der Waals surface area contributed by atoms with E-state index in [1.54, 1.807) is 4.68 Å². The van der Waals surface area contributed by atoms with Crippen molar-refractivity contribution in [3.8, 4) is 11.3 Å². The Bertz CT molecular complexity index is 448. The van der Waals surface area contributed by atoms with Crippen LogP contribution in [0.5, 0.6) is 0 Å². The van der Waals surface area contributed by atoms with Gasteiger partial charge in [-0.15, -0.1) is 0 Å². The molecule has 1 heterocycles. The van der Waals surface area contributed by atoms with Crippen molar-refractivity contribution in [2.45, 2.75) is 19.9 Å². The second-order valence-electron chi connectivity index (χ2n) is 3.66. The highest BCUT2D eigenvalue weighted by molar-refractivity contribution is 5.66. The SMILES string of the molecule is CC(C)[n+]1noc([NH-])c1-c1ccccc1. The Morgan fingerprint density at radius 1 is 1.27 bits per heavy atom. The fourth-order valence-corrected chi connectivity index (χ4v) is 1.48. The Labute approximate surface area is 88.3 Å². The minimum Gasteiger partial charge on any atom is -0.660 e. The van der Waals surface area contributed by atoms with E-state index in [9.17, 15) is 0 Å². The molecular weight excluding hydrogens is 190 g/mol. The van der Waals surface area contributed by atoms with Gasteiger partial charge in [0.05, 0.1) is 5.56 Å². The van der Waals surface area contributed by atoms with Gasteiger partial charge in [-0.3, -0.25) is 0 Å². The molecule has 0 radical (unpaired) electrons. The molecule has 0 amide bonds. The molecule has 78 valence electrons. The highest BCUT2D eigenvalue weighted by Crippen LogP contribution is 2.26. The predicted octanol–water partition coefficient (Wildman–Crippen LogP) is 2.89. The first-order chi connectivity index (χ1) is 7.20. The van der Waals surface area contributed by atoms with E-state index in [1.807, 2.05) is 44.2 Å². The molecule has 0 bridgehead atoms. The van der Waals surface area contributed by atoms with Gasteiger partial charge in [0.2, 0.25) is 0 Å². The molecule has 0 fully saturated rings. The summed E-state index contributed by atoms with van der Waals surface area (Å²) in [6.07, 6.45) is 0. The molecule has 0 saturated carbocycles. The van der Waals surface area contributed by atoms with Crippen LogP contribution >= 0.6 is 0 Å². The second kappa shape index (κ2) is 3.73. The Morgan fingerprint density at radius 3 is 2.53 bits per heavy atom. The average Bonchev–Trinajstić information content (AvgIpc) is 2.61. The van der Waals surface area contributed by atoms with Crippen molar-refractivity contribution in [2.24, 2.45) is 0 Å². The number of hydrogen-bond donors (Lipinski definition) is 0. The van der Waals surface area contributed by atoms with Crippen molar-refractivity contribution in [3.05, 3.63) is 36.1 Å². The van der Waals surface area contributed by atoms with Gasteiger partial charge in [-0.1, -0.05) is 18.2 Å². The zero-order valence-corrected chi connectivity index (χ0v) is 8.77. The molecule has 2 aromatic rings. The molecule has 0 aliphatic carbocycles. The van der Waals surface area contributed by atoms with Crippen LogP contribution in [-0.2, 0) is 0 Å². The smallest absolute Gasteiger partial charge is 0.265 e. The monoisotopic (exact) mass is 203 g/mol. The Kier molecular flexibility index (Phi) is 2.41. The van der Waals surface area contributed by atoms with Crippen molar-refractivity contribution in [3.63, 3.8) is 0 Å². The third-order valence-electron chi connectivity index (χ3n) is 2.20. The Morgan fingerprint density at radius 2 is 1.93 bits per heavy atom. The van der Waals surface area contributed by atoms with Crippen LogP contribution in [0.2, 0.25) is 0 Å². The third-order valence-corrected chi connectivity index (χ3v) is 2.20. The topological polar surface area (TPSA) is 53.7 Å². The molecule has 4 heteroatoms. The first-order valence-corrected chi connectivity index (χ1v) is 4.88. The van der Waals surface area contributed by atoms with Crippen LogP contribution in [0.1, 0.15) is 19.9 Å². The van der Waals surface area contributed by atoms with E-state index >= 15 is 0 Å². The number of aromatic nitrogens is 2. The molecule has 0 saturated heterocycles. The van der Waals surface area contributed by atoms with E-state index in [4.69, 9.17) is 10.3 Å². The summed E-state index contributed by atoms with van der Waals surface area (Å²) in [6.45, 7) is 4.02. The van der Waals surface area contributed by atoms with Crippen LogP contribution in [0.25, 0.3) is 17.0 Å². The van der Waals surface area contributed by atoms with E-state index < -0.39 is 0 Å². The molecule has 0 aliphatic rings. The van der Waals surface area contributed by atoms with Gasteiger partial charge in [0, 0.05) is 13.8 Å². The zero-order chi connectivity index (χ0) is 10.8. The number of hydrogen-bond acceptors (Lipinski definition) is 2. The van der Waals surface area contributed by atoms with E-state index in [0.29, 0.717) is 0 Å².